The number of nitrogens with one attached hydrogen (secondary N) is 1. The normalized spacial score (nSPS) is 10.8. The fourth-order valence-electron chi connectivity index (χ4n) is 1.77. The van der Waals surface area contributed by atoms with Crippen molar-refractivity contribution < 1.29 is 14.3 Å². The van der Waals surface area contributed by atoms with Crippen LogP contribution in [0.5, 0.6) is 5.75 Å². The Morgan fingerprint density at radius 1 is 1.23 bits per heavy atom. The summed E-state index contributed by atoms with van der Waals surface area (Å²) in [7, 11) is 0. The Labute approximate surface area is 131 Å². The molecule has 0 bridgehead atoms. The van der Waals surface area contributed by atoms with Crippen molar-refractivity contribution in [3.05, 3.63) is 29.8 Å². The molecule has 22 heavy (non-hydrogen) atoms. The second-order valence-corrected chi connectivity index (χ2v) is 4.91. The lowest BCUT2D eigenvalue weighted by atomic mass is 10.2. The van der Waals surface area contributed by atoms with Crippen LogP contribution in [0.2, 0.25) is 0 Å². The van der Waals surface area contributed by atoms with Crippen molar-refractivity contribution in [1.82, 2.24) is 10.3 Å². The average Bonchev–Trinajstić information content (AvgIpc) is 2.49. The third kappa shape index (κ3) is 5.55. The summed E-state index contributed by atoms with van der Waals surface area (Å²) in [4.78, 5) is 24.8. The van der Waals surface area contributed by atoms with Crippen LogP contribution in [0.25, 0.3) is 0 Å². The molecule has 2 amide bonds. The first-order chi connectivity index (χ1) is 10.5. The quantitative estimate of drug-likeness (QED) is 0.495. The predicted octanol–water partition coefficient (Wildman–Crippen LogP) is 1.79. The minimum absolute atomic E-state index is 0.116. The van der Waals surface area contributed by atoms with Crippen molar-refractivity contribution in [1.29, 1.82) is 0 Å². The van der Waals surface area contributed by atoms with Crippen LogP contribution in [0.15, 0.2) is 29.4 Å². The average molecular weight is 305 g/mol. The number of carbonyl (C=O) groups excluding carboxylic acids is 2. The zero-order chi connectivity index (χ0) is 16.5. The van der Waals surface area contributed by atoms with E-state index in [4.69, 9.17) is 4.74 Å². The summed E-state index contributed by atoms with van der Waals surface area (Å²) in [5.74, 6) is -0.546. The monoisotopic (exact) mass is 305 g/mol. The highest BCUT2D eigenvalue weighted by Crippen LogP contribution is 2.12. The minimum Gasteiger partial charge on any atom is -0.491 e. The molecular weight excluding hydrogens is 282 g/mol. The zero-order valence-corrected chi connectivity index (χ0v) is 13.5. The third-order valence-electron chi connectivity index (χ3n) is 2.88. The first kappa shape index (κ1) is 17.7. The first-order valence-corrected chi connectivity index (χ1v) is 7.36. The van der Waals surface area contributed by atoms with Gasteiger partial charge in [-0.25, -0.2) is 5.43 Å². The number of carbonyl (C=O) groups is 2. The Hall–Kier alpha value is -2.37. The summed E-state index contributed by atoms with van der Waals surface area (Å²) in [6.45, 7) is 8.53. The molecular formula is C16H23N3O3. The number of hydrogen-bond donors (Lipinski definition) is 1. The van der Waals surface area contributed by atoms with Crippen molar-refractivity contribution in [2.45, 2.75) is 33.8 Å². The highest BCUT2D eigenvalue weighted by Gasteiger charge is 2.18. The molecule has 0 aliphatic carbocycles. The number of ether oxygens (including phenoxy) is 1. The summed E-state index contributed by atoms with van der Waals surface area (Å²) in [5.41, 5.74) is 3.03. The van der Waals surface area contributed by atoms with Crippen LogP contribution >= 0.6 is 0 Å². The molecule has 0 fully saturated rings. The van der Waals surface area contributed by atoms with Gasteiger partial charge in [-0.3, -0.25) is 9.59 Å². The van der Waals surface area contributed by atoms with Crippen LogP contribution in [-0.2, 0) is 9.59 Å². The Morgan fingerprint density at radius 3 is 2.32 bits per heavy atom. The maximum atomic E-state index is 11.7. The zero-order valence-electron chi connectivity index (χ0n) is 13.5. The van der Waals surface area contributed by atoms with Gasteiger partial charge in [0.2, 0.25) is 0 Å². The molecule has 1 aromatic carbocycles. The largest absolute Gasteiger partial charge is 0.491 e. The first-order valence-electron chi connectivity index (χ1n) is 7.36. The standard InChI is InChI=1S/C16H23N3O3/c1-5-19(6-2)16(21)15(20)18-17-11-13-7-9-14(10-8-13)22-12(3)4/h7-12H,5-6H2,1-4H3,(H,18,20)/b17-11-. The second-order valence-electron chi connectivity index (χ2n) is 4.91. The fraction of sp³-hybridized carbons (Fsp3) is 0.438. The number of hydrogen-bond acceptors (Lipinski definition) is 4. The SMILES string of the molecule is CCN(CC)C(=O)C(=O)N/N=C\c1ccc(OC(C)C)cc1. The van der Waals surface area contributed by atoms with Crippen LogP contribution in [0, 0.1) is 0 Å². The van der Waals surface area contributed by atoms with Gasteiger partial charge in [0.25, 0.3) is 0 Å². The van der Waals surface area contributed by atoms with Crippen molar-refractivity contribution in [2.75, 3.05) is 13.1 Å². The minimum atomic E-state index is -0.736. The third-order valence-corrected chi connectivity index (χ3v) is 2.88. The van der Waals surface area contributed by atoms with E-state index in [1.54, 1.807) is 0 Å². The van der Waals surface area contributed by atoms with Gasteiger partial charge in [0.15, 0.2) is 0 Å². The summed E-state index contributed by atoms with van der Waals surface area (Å²) in [6, 6.07) is 7.29. The van der Waals surface area contributed by atoms with Crippen LogP contribution in [0.3, 0.4) is 0 Å². The van der Waals surface area contributed by atoms with Crippen LogP contribution in [0.4, 0.5) is 0 Å². The highest BCUT2D eigenvalue weighted by molar-refractivity contribution is 6.34. The van der Waals surface area contributed by atoms with Gasteiger partial charge in [-0.15, -0.1) is 0 Å². The van der Waals surface area contributed by atoms with E-state index in [-0.39, 0.29) is 6.10 Å². The van der Waals surface area contributed by atoms with Gasteiger partial charge in [-0.1, -0.05) is 0 Å². The topological polar surface area (TPSA) is 71.0 Å². The molecule has 0 spiro atoms. The molecule has 0 heterocycles. The molecule has 6 heteroatoms. The van der Waals surface area contributed by atoms with E-state index in [0.29, 0.717) is 13.1 Å². The van der Waals surface area contributed by atoms with Crippen LogP contribution in [0.1, 0.15) is 33.3 Å². The molecule has 0 radical (unpaired) electrons. The van der Waals surface area contributed by atoms with E-state index >= 15 is 0 Å². The number of amides is 2. The molecule has 6 nitrogen and oxygen atoms in total. The van der Waals surface area contributed by atoms with E-state index in [2.05, 4.69) is 10.5 Å². The van der Waals surface area contributed by atoms with Gasteiger partial charge >= 0.3 is 11.8 Å². The summed E-state index contributed by atoms with van der Waals surface area (Å²) < 4.78 is 5.53. The lowest BCUT2D eigenvalue weighted by Crippen LogP contribution is -2.41. The molecule has 1 rings (SSSR count). The molecule has 0 aromatic heterocycles. The number of nitrogens with zero attached hydrogens (tertiary/aromatic N) is 2. The maximum Gasteiger partial charge on any atom is 0.329 e. The number of likely N-dealkylation sites (N-methyl/N-ethyl adjacent to an activating group) is 1. The number of benzene rings is 1. The predicted molar refractivity (Wildman–Crippen MR) is 85.9 cm³/mol. The van der Waals surface area contributed by atoms with Gasteiger partial charge in [-0.05, 0) is 57.5 Å². The number of hydrazone groups is 1. The number of rotatable bonds is 6. The lowest BCUT2D eigenvalue weighted by Gasteiger charge is -2.16. The van der Waals surface area contributed by atoms with Gasteiger partial charge in [0.05, 0.1) is 12.3 Å². The van der Waals surface area contributed by atoms with Crippen molar-refractivity contribution in [3.63, 3.8) is 0 Å². The van der Waals surface area contributed by atoms with E-state index in [0.717, 1.165) is 11.3 Å². The van der Waals surface area contributed by atoms with Gasteiger partial charge < -0.3 is 9.64 Å². The molecule has 0 unspecified atom stereocenters. The molecule has 0 aliphatic rings. The van der Waals surface area contributed by atoms with E-state index in [1.807, 2.05) is 52.0 Å². The summed E-state index contributed by atoms with van der Waals surface area (Å²) in [5, 5.41) is 3.79. The van der Waals surface area contributed by atoms with Gasteiger partial charge in [0, 0.05) is 13.1 Å². The summed E-state index contributed by atoms with van der Waals surface area (Å²) >= 11 is 0. The Bertz CT molecular complexity index is 520. The van der Waals surface area contributed by atoms with Crippen LogP contribution < -0.4 is 10.2 Å². The van der Waals surface area contributed by atoms with E-state index < -0.39 is 11.8 Å². The van der Waals surface area contributed by atoms with Crippen LogP contribution in [-0.4, -0.2) is 42.1 Å². The van der Waals surface area contributed by atoms with Crippen molar-refractivity contribution in [2.24, 2.45) is 5.10 Å². The molecule has 0 aliphatic heterocycles. The smallest absolute Gasteiger partial charge is 0.329 e. The maximum absolute atomic E-state index is 11.7. The Balaban J connectivity index is 2.55. The highest BCUT2D eigenvalue weighted by atomic mass is 16.5. The second kappa shape index (κ2) is 8.81. The molecule has 0 saturated heterocycles. The summed E-state index contributed by atoms with van der Waals surface area (Å²) in [6.07, 6.45) is 1.59. The Kier molecular flexibility index (Phi) is 7.08. The molecule has 120 valence electrons. The molecule has 1 aromatic rings. The molecule has 0 atom stereocenters. The van der Waals surface area contributed by atoms with E-state index in [1.165, 1.54) is 11.1 Å². The molecule has 0 saturated carbocycles. The lowest BCUT2D eigenvalue weighted by molar-refractivity contribution is -0.145. The van der Waals surface area contributed by atoms with Gasteiger partial charge in [0.1, 0.15) is 5.75 Å². The molecule has 1 N–H and O–H groups in total. The van der Waals surface area contributed by atoms with Gasteiger partial charge in [-0.2, -0.15) is 5.10 Å². The Morgan fingerprint density at radius 2 is 1.82 bits per heavy atom. The van der Waals surface area contributed by atoms with E-state index in [9.17, 15) is 9.59 Å². The fourth-order valence-corrected chi connectivity index (χ4v) is 1.77. The van der Waals surface area contributed by atoms with Crippen molar-refractivity contribution in [3.8, 4) is 5.75 Å². The van der Waals surface area contributed by atoms with Crippen molar-refractivity contribution >= 4 is 18.0 Å².